The number of hydrogen-bond donors (Lipinski definition) is 0. The van der Waals surface area contributed by atoms with Crippen molar-refractivity contribution in [1.29, 1.82) is 0 Å². The van der Waals surface area contributed by atoms with Crippen LogP contribution in [0.5, 0.6) is 0 Å². The molecule has 0 aromatic heterocycles. The summed E-state index contributed by atoms with van der Waals surface area (Å²) in [7, 11) is -2.68. The van der Waals surface area contributed by atoms with Gasteiger partial charge in [-0.3, -0.25) is 9.59 Å². The summed E-state index contributed by atoms with van der Waals surface area (Å²) in [5.74, 6) is -2.97. The van der Waals surface area contributed by atoms with Crippen molar-refractivity contribution in [3.8, 4) is 0 Å². The average molecular weight is 339 g/mol. The van der Waals surface area contributed by atoms with Crippen LogP contribution in [0.25, 0.3) is 0 Å². The highest BCUT2D eigenvalue weighted by Gasteiger charge is 2.66. The van der Waals surface area contributed by atoms with E-state index in [1.165, 1.54) is 12.1 Å². The number of methoxy groups -OCH3 is 1. The molecule has 1 amide bonds. The molecular weight excluding hydrogens is 325 g/mol. The van der Waals surface area contributed by atoms with Gasteiger partial charge in [0.15, 0.2) is 15.7 Å². The van der Waals surface area contributed by atoms with E-state index in [9.17, 15) is 22.4 Å². The van der Waals surface area contributed by atoms with Crippen molar-refractivity contribution in [1.82, 2.24) is 4.90 Å². The van der Waals surface area contributed by atoms with Crippen LogP contribution >= 0.6 is 0 Å². The van der Waals surface area contributed by atoms with Crippen LogP contribution in [0.1, 0.15) is 5.56 Å². The third kappa shape index (κ3) is 1.87. The Bertz CT molecular complexity index is 834. The molecule has 1 aromatic rings. The van der Waals surface area contributed by atoms with Crippen LogP contribution in [0.3, 0.4) is 0 Å². The third-order valence-electron chi connectivity index (χ3n) is 4.49. The maximum Gasteiger partial charge on any atom is 0.319 e. The number of likely N-dealkylation sites (tertiary alicyclic amines) is 1. The summed E-state index contributed by atoms with van der Waals surface area (Å²) in [5.41, 5.74) is -1.24. The number of benzene rings is 1. The Morgan fingerprint density at radius 2 is 2.04 bits per heavy atom. The standard InChI is InChI=1S/C15H14FNO5S/c1-9(16)13(18)17-7-12-15(8-17,14(19)22-2)10-5-3-4-6-11(10)23(12,20)21/h3-6,12H,1,7-8H2,2H3/t12-,15+/m1/s1. The molecule has 2 atom stereocenters. The number of sulfone groups is 1. The predicted octanol–water partition coefficient (Wildman–Crippen LogP) is 0.579. The fourth-order valence-electron chi connectivity index (χ4n) is 3.50. The van der Waals surface area contributed by atoms with Gasteiger partial charge in [0.25, 0.3) is 5.91 Å². The molecule has 1 fully saturated rings. The second kappa shape index (κ2) is 4.89. The van der Waals surface area contributed by atoms with E-state index in [2.05, 4.69) is 6.58 Å². The Hall–Kier alpha value is -2.22. The van der Waals surface area contributed by atoms with E-state index < -0.39 is 38.2 Å². The molecule has 2 heterocycles. The second-order valence-corrected chi connectivity index (χ2v) is 7.68. The zero-order valence-corrected chi connectivity index (χ0v) is 13.1. The SMILES string of the molecule is C=C(F)C(=O)N1C[C@@H]2[C@](C(=O)OC)(C1)c1ccccc1S2(=O)=O. The minimum atomic E-state index is -3.84. The average Bonchev–Trinajstić information content (AvgIpc) is 3.02. The molecule has 0 spiro atoms. The number of carbonyl (C=O) groups is 2. The summed E-state index contributed by atoms with van der Waals surface area (Å²) >= 11 is 0. The third-order valence-corrected chi connectivity index (χ3v) is 6.76. The van der Waals surface area contributed by atoms with Gasteiger partial charge in [-0.1, -0.05) is 24.8 Å². The molecular formula is C15H14FNO5S. The Kier molecular flexibility index (Phi) is 3.33. The second-order valence-electron chi connectivity index (χ2n) is 5.58. The highest BCUT2D eigenvalue weighted by molar-refractivity contribution is 7.92. The number of amides is 1. The molecule has 0 saturated carbocycles. The van der Waals surface area contributed by atoms with E-state index in [1.807, 2.05) is 0 Å². The molecule has 0 radical (unpaired) electrons. The largest absolute Gasteiger partial charge is 0.468 e. The number of ether oxygens (including phenoxy) is 1. The molecule has 3 rings (SSSR count). The van der Waals surface area contributed by atoms with Crippen LogP contribution < -0.4 is 0 Å². The lowest BCUT2D eigenvalue weighted by Crippen LogP contribution is -2.46. The predicted molar refractivity (Wildman–Crippen MR) is 77.9 cm³/mol. The van der Waals surface area contributed by atoms with Crippen LogP contribution in [0, 0.1) is 0 Å². The lowest BCUT2D eigenvalue weighted by molar-refractivity contribution is -0.147. The van der Waals surface area contributed by atoms with Crippen LogP contribution in [0.15, 0.2) is 41.6 Å². The van der Waals surface area contributed by atoms with Gasteiger partial charge in [-0.05, 0) is 11.6 Å². The number of hydrogen-bond acceptors (Lipinski definition) is 5. The number of rotatable bonds is 2. The Morgan fingerprint density at radius 3 is 2.65 bits per heavy atom. The molecule has 0 unspecified atom stereocenters. The van der Waals surface area contributed by atoms with E-state index in [0.717, 1.165) is 12.0 Å². The highest BCUT2D eigenvalue weighted by atomic mass is 32.2. The van der Waals surface area contributed by atoms with Crippen molar-refractivity contribution in [2.24, 2.45) is 0 Å². The first-order valence-electron chi connectivity index (χ1n) is 6.82. The molecule has 0 bridgehead atoms. The van der Waals surface area contributed by atoms with E-state index >= 15 is 0 Å². The van der Waals surface area contributed by atoms with E-state index in [-0.39, 0.29) is 23.5 Å². The van der Waals surface area contributed by atoms with Crippen LogP contribution in [-0.2, 0) is 29.6 Å². The highest BCUT2D eigenvalue weighted by Crippen LogP contribution is 2.50. The number of carbonyl (C=O) groups excluding carboxylic acids is 2. The van der Waals surface area contributed by atoms with Crippen molar-refractivity contribution < 1.29 is 27.1 Å². The summed E-state index contributed by atoms with van der Waals surface area (Å²) in [6, 6.07) is 6.13. The molecule has 1 saturated heterocycles. The molecule has 122 valence electrons. The summed E-state index contributed by atoms with van der Waals surface area (Å²) in [6.45, 7) is 2.39. The lowest BCUT2D eigenvalue weighted by Gasteiger charge is -2.25. The van der Waals surface area contributed by atoms with Crippen molar-refractivity contribution in [2.75, 3.05) is 20.2 Å². The van der Waals surface area contributed by atoms with Gasteiger partial charge < -0.3 is 9.64 Å². The maximum atomic E-state index is 13.2. The van der Waals surface area contributed by atoms with Crippen LogP contribution in [0.2, 0.25) is 0 Å². The van der Waals surface area contributed by atoms with Crippen molar-refractivity contribution in [3.63, 3.8) is 0 Å². The fraction of sp³-hybridized carbons (Fsp3) is 0.333. The first-order valence-corrected chi connectivity index (χ1v) is 8.37. The van der Waals surface area contributed by atoms with E-state index in [0.29, 0.717) is 0 Å². The molecule has 2 aliphatic rings. The Labute approximate surface area is 132 Å². The normalized spacial score (nSPS) is 27.2. The fourth-order valence-corrected chi connectivity index (χ4v) is 5.83. The lowest BCUT2D eigenvalue weighted by atomic mass is 9.79. The van der Waals surface area contributed by atoms with Gasteiger partial charge in [0.05, 0.1) is 12.0 Å². The minimum Gasteiger partial charge on any atom is -0.468 e. The van der Waals surface area contributed by atoms with Gasteiger partial charge in [-0.25, -0.2) is 12.8 Å². The number of halogens is 1. The Morgan fingerprint density at radius 1 is 1.39 bits per heavy atom. The van der Waals surface area contributed by atoms with E-state index in [1.54, 1.807) is 12.1 Å². The molecule has 0 aliphatic carbocycles. The van der Waals surface area contributed by atoms with Gasteiger partial charge in [-0.2, -0.15) is 0 Å². The van der Waals surface area contributed by atoms with Crippen molar-refractivity contribution >= 4 is 21.7 Å². The summed E-state index contributed by atoms with van der Waals surface area (Å²) < 4.78 is 43.5. The minimum absolute atomic E-state index is 0.0570. The summed E-state index contributed by atoms with van der Waals surface area (Å²) in [5, 5.41) is -1.19. The summed E-state index contributed by atoms with van der Waals surface area (Å²) in [4.78, 5) is 25.4. The zero-order valence-electron chi connectivity index (χ0n) is 12.3. The zero-order chi connectivity index (χ0) is 17.0. The molecule has 0 N–H and O–H groups in total. The maximum absolute atomic E-state index is 13.2. The molecule has 8 heteroatoms. The molecule has 23 heavy (non-hydrogen) atoms. The quantitative estimate of drug-likeness (QED) is 0.582. The van der Waals surface area contributed by atoms with E-state index in [4.69, 9.17) is 4.74 Å². The van der Waals surface area contributed by atoms with Gasteiger partial charge >= 0.3 is 5.97 Å². The Balaban J connectivity index is 2.22. The summed E-state index contributed by atoms with van der Waals surface area (Å²) in [6.07, 6.45) is 0. The smallest absolute Gasteiger partial charge is 0.319 e. The van der Waals surface area contributed by atoms with Crippen LogP contribution in [-0.4, -0.2) is 50.6 Å². The van der Waals surface area contributed by atoms with Crippen LogP contribution in [0.4, 0.5) is 4.39 Å². The van der Waals surface area contributed by atoms with Crippen molar-refractivity contribution in [2.45, 2.75) is 15.6 Å². The monoisotopic (exact) mass is 339 g/mol. The van der Waals surface area contributed by atoms with Gasteiger partial charge in [0.2, 0.25) is 0 Å². The number of fused-ring (bicyclic) bond motifs is 3. The molecule has 6 nitrogen and oxygen atoms in total. The van der Waals surface area contributed by atoms with Gasteiger partial charge in [0, 0.05) is 13.1 Å². The number of esters is 1. The van der Waals surface area contributed by atoms with Gasteiger partial charge in [-0.15, -0.1) is 0 Å². The van der Waals surface area contributed by atoms with Gasteiger partial charge in [0.1, 0.15) is 10.7 Å². The molecule has 2 aliphatic heterocycles. The number of nitrogens with zero attached hydrogens (tertiary/aromatic N) is 1. The molecule has 1 aromatic carbocycles. The van der Waals surface area contributed by atoms with Crippen molar-refractivity contribution in [3.05, 3.63) is 42.2 Å². The topological polar surface area (TPSA) is 80.8 Å². The first-order chi connectivity index (χ1) is 10.8. The first kappa shape index (κ1) is 15.7.